The summed E-state index contributed by atoms with van der Waals surface area (Å²) in [5.41, 5.74) is 0.0627. The van der Waals surface area contributed by atoms with Gasteiger partial charge in [0.15, 0.2) is 0 Å². The number of carbonyl (C=O) groups is 1. The smallest absolute Gasteiger partial charge is 0.139 e. The van der Waals surface area contributed by atoms with Crippen molar-refractivity contribution in [1.82, 2.24) is 0 Å². The largest absolute Gasteiger partial charge is 0.299 e. The topological polar surface area (TPSA) is 17.1 Å². The minimum absolute atomic E-state index is 0.0627. The highest BCUT2D eigenvalue weighted by molar-refractivity contribution is 5.84. The fourth-order valence-corrected chi connectivity index (χ4v) is 5.21. The van der Waals surface area contributed by atoms with Crippen molar-refractivity contribution in [2.45, 2.75) is 141 Å². The van der Waals surface area contributed by atoms with E-state index in [0.29, 0.717) is 5.78 Å². The van der Waals surface area contributed by atoms with E-state index >= 15 is 0 Å². The first-order valence-electron chi connectivity index (χ1n) is 11.9. The summed E-state index contributed by atoms with van der Waals surface area (Å²) in [7, 11) is 0. The molecule has 2 saturated carbocycles. The van der Waals surface area contributed by atoms with Gasteiger partial charge in [-0.1, -0.05) is 109 Å². The maximum Gasteiger partial charge on any atom is 0.139 e. The van der Waals surface area contributed by atoms with Gasteiger partial charge in [0, 0.05) is 11.8 Å². The summed E-state index contributed by atoms with van der Waals surface area (Å²) < 4.78 is 0. The zero-order valence-corrected chi connectivity index (χ0v) is 17.0. The summed E-state index contributed by atoms with van der Waals surface area (Å²) in [4.78, 5) is 13.3. The highest BCUT2D eigenvalue weighted by atomic mass is 16.1. The Morgan fingerprint density at radius 1 is 0.400 bits per heavy atom. The van der Waals surface area contributed by atoms with E-state index in [-0.39, 0.29) is 5.41 Å². The molecule has 2 fully saturated rings. The Morgan fingerprint density at radius 3 is 1.04 bits per heavy atom. The van der Waals surface area contributed by atoms with Gasteiger partial charge in [-0.2, -0.15) is 0 Å². The molecule has 0 aromatic carbocycles. The lowest BCUT2D eigenvalue weighted by Crippen LogP contribution is -2.31. The predicted octanol–water partition coefficient (Wildman–Crippen LogP) is 8.15. The van der Waals surface area contributed by atoms with Crippen molar-refractivity contribution in [1.29, 1.82) is 0 Å². The number of carbonyl (C=O) groups excluding carboxylic acids is 1. The Kier molecular flexibility index (Phi) is 10.9. The SMILES string of the molecule is O=C1CCCCCCCCCCCC12CCCCCCCCCCC2. The first-order valence-corrected chi connectivity index (χ1v) is 11.9. The maximum absolute atomic E-state index is 13.3. The zero-order chi connectivity index (χ0) is 17.6. The van der Waals surface area contributed by atoms with Crippen LogP contribution in [0, 0.1) is 5.41 Å². The summed E-state index contributed by atoms with van der Waals surface area (Å²) in [6, 6.07) is 0. The van der Waals surface area contributed by atoms with E-state index in [0.717, 1.165) is 12.8 Å². The Balaban J connectivity index is 2.00. The quantitative estimate of drug-likeness (QED) is 0.431. The molecule has 146 valence electrons. The van der Waals surface area contributed by atoms with Crippen molar-refractivity contribution in [2.75, 3.05) is 0 Å². The van der Waals surface area contributed by atoms with Crippen LogP contribution in [0.1, 0.15) is 141 Å². The van der Waals surface area contributed by atoms with Crippen LogP contribution in [0.3, 0.4) is 0 Å². The molecule has 0 unspecified atom stereocenters. The first-order chi connectivity index (χ1) is 12.3. The van der Waals surface area contributed by atoms with Crippen LogP contribution in [-0.2, 0) is 4.79 Å². The third kappa shape index (κ3) is 8.27. The lowest BCUT2D eigenvalue weighted by atomic mass is 9.69. The molecule has 0 N–H and O–H groups in total. The van der Waals surface area contributed by atoms with Gasteiger partial charge in [0.05, 0.1) is 0 Å². The van der Waals surface area contributed by atoms with Crippen LogP contribution in [0.5, 0.6) is 0 Å². The van der Waals surface area contributed by atoms with Gasteiger partial charge < -0.3 is 0 Å². The fraction of sp³-hybridized carbons (Fsp3) is 0.958. The van der Waals surface area contributed by atoms with Crippen LogP contribution < -0.4 is 0 Å². The van der Waals surface area contributed by atoms with Crippen LogP contribution in [0.15, 0.2) is 0 Å². The van der Waals surface area contributed by atoms with Gasteiger partial charge in [0.25, 0.3) is 0 Å². The normalized spacial score (nSPS) is 26.5. The zero-order valence-electron chi connectivity index (χ0n) is 17.0. The summed E-state index contributed by atoms with van der Waals surface area (Å²) in [6.45, 7) is 0. The lowest BCUT2D eigenvalue weighted by Gasteiger charge is -2.33. The Bertz CT molecular complexity index is 334. The van der Waals surface area contributed by atoms with Gasteiger partial charge >= 0.3 is 0 Å². The predicted molar refractivity (Wildman–Crippen MR) is 109 cm³/mol. The molecule has 0 amide bonds. The number of hydrogen-bond acceptors (Lipinski definition) is 1. The number of Topliss-reactive ketones (excluding diaryl/α,β-unsaturated/α-hetero) is 1. The maximum atomic E-state index is 13.3. The fourth-order valence-electron chi connectivity index (χ4n) is 5.21. The molecule has 0 heterocycles. The summed E-state index contributed by atoms with van der Waals surface area (Å²) in [6.07, 6.45) is 28.9. The molecule has 0 aromatic heterocycles. The Labute approximate surface area is 157 Å². The van der Waals surface area contributed by atoms with Crippen LogP contribution >= 0.6 is 0 Å². The number of ketones is 1. The highest BCUT2D eigenvalue weighted by Crippen LogP contribution is 2.40. The van der Waals surface area contributed by atoms with Crippen molar-refractivity contribution < 1.29 is 4.79 Å². The third-order valence-corrected chi connectivity index (χ3v) is 6.96. The number of hydrogen-bond donors (Lipinski definition) is 0. The van der Waals surface area contributed by atoms with E-state index in [4.69, 9.17) is 0 Å². The third-order valence-electron chi connectivity index (χ3n) is 6.96. The molecule has 0 saturated heterocycles. The molecule has 2 rings (SSSR count). The van der Waals surface area contributed by atoms with E-state index in [1.54, 1.807) is 0 Å². The van der Waals surface area contributed by atoms with Gasteiger partial charge in [-0.05, 0) is 25.7 Å². The summed E-state index contributed by atoms with van der Waals surface area (Å²) >= 11 is 0. The average molecular weight is 349 g/mol. The minimum Gasteiger partial charge on any atom is -0.299 e. The Hall–Kier alpha value is -0.330. The standard InChI is InChI=1S/C24H44O/c25-23-19-15-11-7-3-1-4-8-12-16-20-24(23)21-17-13-9-5-2-6-10-14-18-22-24/h1-22H2. The molecule has 2 aliphatic rings. The summed E-state index contributed by atoms with van der Waals surface area (Å²) in [5.74, 6) is 0.656. The second-order valence-electron chi connectivity index (χ2n) is 9.07. The van der Waals surface area contributed by atoms with E-state index in [1.807, 2.05) is 0 Å². The van der Waals surface area contributed by atoms with Gasteiger partial charge in [-0.25, -0.2) is 0 Å². The average Bonchev–Trinajstić information content (AvgIpc) is 2.62. The Morgan fingerprint density at radius 2 is 0.680 bits per heavy atom. The molecule has 0 radical (unpaired) electrons. The monoisotopic (exact) mass is 348 g/mol. The van der Waals surface area contributed by atoms with Crippen LogP contribution in [0.2, 0.25) is 0 Å². The highest BCUT2D eigenvalue weighted by Gasteiger charge is 2.35. The van der Waals surface area contributed by atoms with Crippen molar-refractivity contribution in [2.24, 2.45) is 5.41 Å². The van der Waals surface area contributed by atoms with Gasteiger partial charge in [0.2, 0.25) is 0 Å². The molecule has 1 heteroatoms. The molecule has 0 aliphatic heterocycles. The van der Waals surface area contributed by atoms with Crippen molar-refractivity contribution >= 4 is 5.78 Å². The molecular weight excluding hydrogens is 304 g/mol. The molecule has 1 spiro atoms. The van der Waals surface area contributed by atoms with E-state index < -0.39 is 0 Å². The molecule has 0 aromatic rings. The molecule has 0 atom stereocenters. The van der Waals surface area contributed by atoms with E-state index in [2.05, 4.69) is 0 Å². The first kappa shape index (κ1) is 21.0. The molecule has 25 heavy (non-hydrogen) atoms. The number of rotatable bonds is 0. The van der Waals surface area contributed by atoms with Crippen LogP contribution in [-0.4, -0.2) is 5.78 Å². The van der Waals surface area contributed by atoms with Gasteiger partial charge in [-0.3, -0.25) is 4.79 Å². The van der Waals surface area contributed by atoms with Crippen LogP contribution in [0.25, 0.3) is 0 Å². The van der Waals surface area contributed by atoms with Crippen LogP contribution in [0.4, 0.5) is 0 Å². The van der Waals surface area contributed by atoms with Crippen molar-refractivity contribution in [3.63, 3.8) is 0 Å². The molecule has 1 nitrogen and oxygen atoms in total. The molecular formula is C24H44O. The van der Waals surface area contributed by atoms with Gasteiger partial charge in [0.1, 0.15) is 5.78 Å². The van der Waals surface area contributed by atoms with Crippen molar-refractivity contribution in [3.8, 4) is 0 Å². The summed E-state index contributed by atoms with van der Waals surface area (Å²) in [5, 5.41) is 0. The van der Waals surface area contributed by atoms with Crippen molar-refractivity contribution in [3.05, 3.63) is 0 Å². The second-order valence-corrected chi connectivity index (χ2v) is 9.07. The second kappa shape index (κ2) is 12.9. The molecule has 2 aliphatic carbocycles. The molecule has 0 bridgehead atoms. The van der Waals surface area contributed by atoms with E-state index in [9.17, 15) is 4.79 Å². The van der Waals surface area contributed by atoms with E-state index in [1.165, 1.54) is 128 Å². The lowest BCUT2D eigenvalue weighted by molar-refractivity contribution is -0.130. The van der Waals surface area contributed by atoms with Gasteiger partial charge in [-0.15, -0.1) is 0 Å². The minimum atomic E-state index is 0.0627.